The van der Waals surface area contributed by atoms with Crippen LogP contribution >= 0.6 is 0 Å². The molecule has 0 bridgehead atoms. The van der Waals surface area contributed by atoms with E-state index in [0.717, 1.165) is 4.90 Å². The SMILES string of the molecule is C.CN1C(=O)C2C3C(=O)[N-]C(=O)C3C2C1=O.[CH3-].[Y]. The number of hydrogen-bond donors (Lipinski definition) is 0. The predicted molar refractivity (Wildman–Crippen MR) is 58.3 cm³/mol. The molecule has 3 rings (SSSR count). The molecule has 0 aromatic heterocycles. The van der Waals surface area contributed by atoms with Crippen LogP contribution in [0, 0.1) is 31.1 Å². The van der Waals surface area contributed by atoms with Crippen molar-refractivity contribution in [3.05, 3.63) is 12.7 Å². The Morgan fingerprint density at radius 1 is 0.889 bits per heavy atom. The Morgan fingerprint density at radius 2 is 1.22 bits per heavy atom. The van der Waals surface area contributed by atoms with Crippen LogP contribution in [-0.2, 0) is 51.9 Å². The number of likely N-dealkylation sites (tertiary alicyclic amines) is 1. The van der Waals surface area contributed by atoms with Gasteiger partial charge in [-0.2, -0.15) is 0 Å². The third kappa shape index (κ3) is 1.69. The molecule has 1 aliphatic carbocycles. The molecule has 1 radical (unpaired) electrons. The Kier molecular flexibility index (Phi) is 4.99. The van der Waals surface area contributed by atoms with E-state index in [1.807, 2.05) is 0 Å². The van der Waals surface area contributed by atoms with E-state index in [2.05, 4.69) is 5.32 Å². The molecule has 18 heavy (non-hydrogen) atoms. The van der Waals surface area contributed by atoms with Gasteiger partial charge in [-0.1, -0.05) is 7.43 Å². The zero-order valence-electron chi connectivity index (χ0n) is 9.41. The Bertz CT molecular complexity index is 399. The summed E-state index contributed by atoms with van der Waals surface area (Å²) in [4.78, 5) is 46.7. The Balaban J connectivity index is 0.000000963. The maximum atomic E-state index is 11.6. The van der Waals surface area contributed by atoms with Gasteiger partial charge in [-0.15, -0.1) is 0 Å². The van der Waals surface area contributed by atoms with Crippen LogP contribution in [0.2, 0.25) is 0 Å². The molecule has 4 amide bonds. The fourth-order valence-corrected chi connectivity index (χ4v) is 2.79. The molecule has 7 heteroatoms. The van der Waals surface area contributed by atoms with Gasteiger partial charge in [0.2, 0.25) is 11.8 Å². The third-order valence-corrected chi connectivity index (χ3v) is 3.57. The predicted octanol–water partition coefficient (Wildman–Crippen LogP) is -0.0122. The van der Waals surface area contributed by atoms with Crippen molar-refractivity contribution in [3.8, 4) is 0 Å². The summed E-state index contributed by atoms with van der Waals surface area (Å²) in [5, 5.41) is 3.29. The van der Waals surface area contributed by atoms with Gasteiger partial charge in [0.05, 0.1) is 23.7 Å². The van der Waals surface area contributed by atoms with Crippen LogP contribution in [0.3, 0.4) is 0 Å². The summed E-state index contributed by atoms with van der Waals surface area (Å²) in [6.07, 6.45) is 0. The average Bonchev–Trinajstić information content (AvgIpc) is 2.43. The molecule has 97 valence electrons. The van der Waals surface area contributed by atoms with E-state index in [1.165, 1.54) is 7.05 Å². The first-order valence-electron chi connectivity index (χ1n) is 4.65. The summed E-state index contributed by atoms with van der Waals surface area (Å²) < 4.78 is 0. The second-order valence-electron chi connectivity index (χ2n) is 4.13. The number of carbonyl (C=O) groups excluding carboxylic acids is 4. The van der Waals surface area contributed by atoms with Crippen molar-refractivity contribution < 1.29 is 51.9 Å². The van der Waals surface area contributed by atoms with Crippen molar-refractivity contribution in [2.75, 3.05) is 7.05 Å². The number of imide groups is 2. The second kappa shape index (κ2) is 5.17. The second-order valence-corrected chi connectivity index (χ2v) is 4.13. The van der Waals surface area contributed by atoms with Gasteiger partial charge in [0.15, 0.2) is 0 Å². The number of fused-ring (bicyclic) bond motifs is 4. The van der Waals surface area contributed by atoms with E-state index in [4.69, 9.17) is 0 Å². The van der Waals surface area contributed by atoms with Crippen LogP contribution in [0.5, 0.6) is 0 Å². The van der Waals surface area contributed by atoms with Crippen molar-refractivity contribution in [1.82, 2.24) is 4.90 Å². The van der Waals surface area contributed by atoms with Crippen molar-refractivity contribution in [2.24, 2.45) is 23.7 Å². The number of nitrogens with zero attached hydrogens (tertiary/aromatic N) is 2. The molecule has 2 heterocycles. The van der Waals surface area contributed by atoms with Gasteiger partial charge >= 0.3 is 0 Å². The minimum atomic E-state index is -0.663. The number of amides is 4. The molecule has 2 saturated heterocycles. The maximum absolute atomic E-state index is 11.6. The molecule has 3 aliphatic rings. The summed E-state index contributed by atoms with van der Waals surface area (Å²) in [6.45, 7) is 0. The van der Waals surface area contributed by atoms with Crippen LogP contribution in [0.4, 0.5) is 0 Å². The van der Waals surface area contributed by atoms with Gasteiger partial charge in [-0.05, 0) is 0 Å². The van der Waals surface area contributed by atoms with Crippen molar-refractivity contribution >= 4 is 23.6 Å². The Morgan fingerprint density at radius 3 is 1.56 bits per heavy atom. The minimum Gasteiger partial charge on any atom is -0.595 e. The molecule has 0 N–H and O–H groups in total. The van der Waals surface area contributed by atoms with Gasteiger partial charge in [-0.25, -0.2) is 0 Å². The van der Waals surface area contributed by atoms with Crippen LogP contribution in [0.15, 0.2) is 0 Å². The topological polar surface area (TPSA) is 85.6 Å². The maximum Gasteiger partial charge on any atom is 0.233 e. The largest absolute Gasteiger partial charge is 0.595 e. The molecule has 3 fully saturated rings. The first kappa shape index (κ1) is 17.4. The van der Waals surface area contributed by atoms with Crippen molar-refractivity contribution in [3.63, 3.8) is 0 Å². The molecular formula is C11H14N2O4Y-2. The van der Waals surface area contributed by atoms with Crippen molar-refractivity contribution in [2.45, 2.75) is 7.43 Å². The summed E-state index contributed by atoms with van der Waals surface area (Å²) in [6, 6.07) is 0. The van der Waals surface area contributed by atoms with E-state index >= 15 is 0 Å². The summed E-state index contributed by atoms with van der Waals surface area (Å²) in [7, 11) is 1.38. The summed E-state index contributed by atoms with van der Waals surface area (Å²) in [5.41, 5.74) is 0. The zero-order valence-corrected chi connectivity index (χ0v) is 12.3. The molecule has 0 aromatic carbocycles. The van der Waals surface area contributed by atoms with Gasteiger partial charge in [-0.3, -0.25) is 14.5 Å². The van der Waals surface area contributed by atoms with E-state index in [9.17, 15) is 19.2 Å². The first-order valence-corrected chi connectivity index (χ1v) is 4.65. The first-order chi connectivity index (χ1) is 7.04. The van der Waals surface area contributed by atoms with E-state index < -0.39 is 35.5 Å². The quantitative estimate of drug-likeness (QED) is 0.462. The Labute approximate surface area is 131 Å². The minimum absolute atomic E-state index is 0. The molecule has 4 atom stereocenters. The fourth-order valence-electron chi connectivity index (χ4n) is 2.79. The van der Waals surface area contributed by atoms with Gasteiger partial charge in [0, 0.05) is 51.6 Å². The smallest absolute Gasteiger partial charge is 0.233 e. The van der Waals surface area contributed by atoms with Crippen molar-refractivity contribution in [1.29, 1.82) is 0 Å². The normalized spacial score (nSPS) is 35.5. The molecule has 0 aromatic rings. The molecule has 0 spiro atoms. The Hall–Kier alpha value is -0.616. The van der Waals surface area contributed by atoms with Gasteiger partial charge < -0.3 is 22.3 Å². The molecule has 1 saturated carbocycles. The van der Waals surface area contributed by atoms with E-state index in [-0.39, 0.29) is 59.4 Å². The average molecular weight is 327 g/mol. The van der Waals surface area contributed by atoms with Crippen LogP contribution in [-0.4, -0.2) is 35.6 Å². The number of rotatable bonds is 0. The van der Waals surface area contributed by atoms with Gasteiger partial charge in [0.1, 0.15) is 0 Å². The van der Waals surface area contributed by atoms with Gasteiger partial charge in [0.25, 0.3) is 0 Å². The standard InChI is InChI=1S/C9H8N2O4.CH4.CH3.Y/c1-11-8(14)4-2-3(5(4)9(11)15)7(13)10-6(2)12;;;/h2-5H,1H3,(H,10,12,13);1H4;1H3;/q;;-1;/p-1. The van der Waals surface area contributed by atoms with E-state index in [0.29, 0.717) is 0 Å². The zero-order chi connectivity index (χ0) is 10.9. The molecule has 2 aliphatic heterocycles. The number of carbonyl (C=O) groups is 4. The summed E-state index contributed by atoms with van der Waals surface area (Å²) in [5.74, 6) is -4.38. The number of hydrogen-bond acceptors (Lipinski definition) is 4. The fraction of sp³-hybridized carbons (Fsp3) is 0.545. The van der Waals surface area contributed by atoms with Crippen LogP contribution < -0.4 is 0 Å². The molecular weight excluding hydrogens is 313 g/mol. The third-order valence-electron chi connectivity index (χ3n) is 3.57. The van der Waals surface area contributed by atoms with Crippen LogP contribution in [0.25, 0.3) is 5.32 Å². The van der Waals surface area contributed by atoms with Crippen LogP contribution in [0.1, 0.15) is 7.43 Å². The monoisotopic (exact) mass is 327 g/mol. The molecule has 4 unspecified atom stereocenters. The summed E-state index contributed by atoms with van der Waals surface area (Å²) >= 11 is 0. The van der Waals surface area contributed by atoms with E-state index in [1.54, 1.807) is 0 Å². The molecule has 6 nitrogen and oxygen atoms in total.